The molecule has 0 saturated heterocycles. The molecule has 92 valence electrons. The molecule has 0 aliphatic carbocycles. The van der Waals surface area contributed by atoms with E-state index < -0.39 is 0 Å². The van der Waals surface area contributed by atoms with Gasteiger partial charge in [-0.15, -0.1) is 22.7 Å². The van der Waals surface area contributed by atoms with Gasteiger partial charge < -0.3 is 5.32 Å². The topological polar surface area (TPSA) is 24.9 Å². The van der Waals surface area contributed by atoms with Crippen LogP contribution in [0.3, 0.4) is 0 Å². The van der Waals surface area contributed by atoms with Gasteiger partial charge in [0.15, 0.2) is 0 Å². The number of nitrogens with zero attached hydrogens (tertiary/aromatic N) is 1. The van der Waals surface area contributed by atoms with Crippen LogP contribution in [0, 0.1) is 20.8 Å². The van der Waals surface area contributed by atoms with E-state index >= 15 is 0 Å². The van der Waals surface area contributed by atoms with Crippen LogP contribution in [0.2, 0.25) is 0 Å². The third-order valence-electron chi connectivity index (χ3n) is 2.92. The number of thiazole rings is 1. The maximum Gasteiger partial charge on any atom is 0.0947 e. The van der Waals surface area contributed by atoms with Crippen LogP contribution in [0.5, 0.6) is 0 Å². The normalized spacial score (nSPS) is 12.9. The molecular weight excluding hydrogens is 248 g/mol. The minimum Gasteiger partial charge on any atom is -0.312 e. The van der Waals surface area contributed by atoms with Crippen molar-refractivity contribution in [3.8, 4) is 0 Å². The van der Waals surface area contributed by atoms with E-state index in [9.17, 15) is 0 Å². The molecule has 2 heterocycles. The minimum atomic E-state index is 0.387. The molecule has 0 saturated carbocycles. The Morgan fingerprint density at radius 1 is 1.35 bits per heavy atom. The molecule has 1 atom stereocenters. The number of aryl methyl sites for hydroxylation is 3. The van der Waals surface area contributed by atoms with Gasteiger partial charge >= 0.3 is 0 Å². The van der Waals surface area contributed by atoms with Gasteiger partial charge in [-0.2, -0.15) is 0 Å². The molecule has 2 aromatic heterocycles. The fraction of sp³-hybridized carbons (Fsp3) is 0.462. The summed E-state index contributed by atoms with van der Waals surface area (Å²) in [6, 6.07) is 2.68. The summed E-state index contributed by atoms with van der Waals surface area (Å²) in [7, 11) is 2.02. The van der Waals surface area contributed by atoms with E-state index in [1.807, 2.05) is 25.3 Å². The van der Waals surface area contributed by atoms with E-state index in [0.29, 0.717) is 6.04 Å². The molecule has 0 fully saturated rings. The molecule has 1 unspecified atom stereocenters. The Labute approximate surface area is 111 Å². The van der Waals surface area contributed by atoms with Gasteiger partial charge in [0.25, 0.3) is 0 Å². The number of likely N-dealkylation sites (N-methyl/N-ethyl adjacent to an activating group) is 1. The second-order valence-corrected chi connectivity index (χ2v) is 6.55. The monoisotopic (exact) mass is 266 g/mol. The fourth-order valence-corrected chi connectivity index (χ4v) is 3.76. The minimum absolute atomic E-state index is 0.387. The first-order valence-corrected chi connectivity index (χ1v) is 7.45. The first-order valence-electron chi connectivity index (χ1n) is 5.75. The molecule has 17 heavy (non-hydrogen) atoms. The average molecular weight is 266 g/mol. The van der Waals surface area contributed by atoms with Gasteiger partial charge in [0.05, 0.1) is 5.01 Å². The van der Waals surface area contributed by atoms with Crippen LogP contribution in [0.4, 0.5) is 0 Å². The summed E-state index contributed by atoms with van der Waals surface area (Å²) in [5.74, 6) is 0. The van der Waals surface area contributed by atoms with Gasteiger partial charge in [-0.05, 0) is 39.4 Å². The lowest BCUT2D eigenvalue weighted by Crippen LogP contribution is -2.17. The summed E-state index contributed by atoms with van der Waals surface area (Å²) in [5.41, 5.74) is 2.51. The Morgan fingerprint density at radius 3 is 2.59 bits per heavy atom. The zero-order valence-corrected chi connectivity index (χ0v) is 12.3. The SMILES string of the molecule is CNC(Cc1nc(C)cs1)c1cc(C)c(C)s1. The lowest BCUT2D eigenvalue weighted by Gasteiger charge is -2.12. The second-order valence-electron chi connectivity index (χ2n) is 4.32. The van der Waals surface area contributed by atoms with Gasteiger partial charge in [-0.25, -0.2) is 4.98 Å². The zero-order chi connectivity index (χ0) is 12.4. The van der Waals surface area contributed by atoms with Gasteiger partial charge in [0.1, 0.15) is 0 Å². The Balaban J connectivity index is 2.16. The van der Waals surface area contributed by atoms with Crippen LogP contribution in [0.15, 0.2) is 11.4 Å². The van der Waals surface area contributed by atoms with Crippen molar-refractivity contribution < 1.29 is 0 Å². The van der Waals surface area contributed by atoms with Crippen molar-refractivity contribution in [2.45, 2.75) is 33.2 Å². The molecule has 0 amide bonds. The van der Waals surface area contributed by atoms with Crippen molar-refractivity contribution >= 4 is 22.7 Å². The van der Waals surface area contributed by atoms with Gasteiger partial charge in [-0.3, -0.25) is 0 Å². The van der Waals surface area contributed by atoms with E-state index in [4.69, 9.17) is 0 Å². The number of rotatable bonds is 4. The van der Waals surface area contributed by atoms with Crippen LogP contribution >= 0.6 is 22.7 Å². The van der Waals surface area contributed by atoms with E-state index in [0.717, 1.165) is 12.1 Å². The van der Waals surface area contributed by atoms with Gasteiger partial charge in [-0.1, -0.05) is 0 Å². The predicted molar refractivity (Wildman–Crippen MR) is 76.1 cm³/mol. The third kappa shape index (κ3) is 2.94. The molecule has 0 aromatic carbocycles. The van der Waals surface area contributed by atoms with Crippen LogP contribution in [-0.4, -0.2) is 12.0 Å². The fourth-order valence-electron chi connectivity index (χ4n) is 1.79. The number of hydrogen-bond donors (Lipinski definition) is 1. The molecule has 0 aliphatic rings. The van der Waals surface area contributed by atoms with Crippen molar-refractivity contribution in [1.29, 1.82) is 0 Å². The number of nitrogens with one attached hydrogen (secondary N) is 1. The molecule has 2 nitrogen and oxygen atoms in total. The first kappa shape index (κ1) is 12.7. The molecule has 0 bridgehead atoms. The van der Waals surface area contributed by atoms with E-state index in [2.05, 4.69) is 35.6 Å². The summed E-state index contributed by atoms with van der Waals surface area (Å²) in [4.78, 5) is 7.36. The first-order chi connectivity index (χ1) is 8.10. The van der Waals surface area contributed by atoms with Crippen LogP contribution in [-0.2, 0) is 6.42 Å². The molecule has 2 rings (SSSR count). The summed E-state index contributed by atoms with van der Waals surface area (Å²) >= 11 is 3.64. The molecule has 0 radical (unpaired) electrons. The predicted octanol–water partition coefficient (Wildman–Crippen LogP) is 3.63. The standard InChI is InChI=1S/C13H18N2S2/c1-8-5-12(17-10(8)3)11(14-4)6-13-15-9(2)7-16-13/h5,7,11,14H,6H2,1-4H3. The lowest BCUT2D eigenvalue weighted by atomic mass is 10.1. The Morgan fingerprint density at radius 2 is 2.12 bits per heavy atom. The number of thiophene rings is 1. The van der Waals surface area contributed by atoms with Crippen molar-refractivity contribution in [1.82, 2.24) is 10.3 Å². The molecule has 4 heteroatoms. The molecule has 2 aromatic rings. The third-order valence-corrected chi connectivity index (χ3v) is 5.18. The highest BCUT2D eigenvalue weighted by atomic mass is 32.1. The Kier molecular flexibility index (Phi) is 3.97. The second kappa shape index (κ2) is 5.29. The van der Waals surface area contributed by atoms with Crippen LogP contribution in [0.1, 0.15) is 32.1 Å². The highest BCUT2D eigenvalue weighted by molar-refractivity contribution is 7.12. The maximum absolute atomic E-state index is 4.54. The highest BCUT2D eigenvalue weighted by Crippen LogP contribution is 2.29. The average Bonchev–Trinajstić information content (AvgIpc) is 2.83. The van der Waals surface area contributed by atoms with E-state index in [1.54, 1.807) is 11.3 Å². The highest BCUT2D eigenvalue weighted by Gasteiger charge is 2.15. The van der Waals surface area contributed by atoms with Crippen molar-refractivity contribution in [2.75, 3.05) is 7.05 Å². The quantitative estimate of drug-likeness (QED) is 0.914. The van der Waals surface area contributed by atoms with Gasteiger partial charge in [0, 0.05) is 33.3 Å². The zero-order valence-electron chi connectivity index (χ0n) is 10.7. The van der Waals surface area contributed by atoms with Crippen LogP contribution < -0.4 is 5.32 Å². The summed E-state index contributed by atoms with van der Waals surface area (Å²) in [6.45, 7) is 6.41. The van der Waals surface area contributed by atoms with E-state index in [-0.39, 0.29) is 0 Å². The van der Waals surface area contributed by atoms with Crippen molar-refractivity contribution in [2.24, 2.45) is 0 Å². The molecule has 1 N–H and O–H groups in total. The smallest absolute Gasteiger partial charge is 0.0947 e. The largest absolute Gasteiger partial charge is 0.312 e. The summed E-state index contributed by atoms with van der Waals surface area (Å²) in [5, 5.41) is 6.73. The Hall–Kier alpha value is -0.710. The Bertz CT molecular complexity index is 480. The summed E-state index contributed by atoms with van der Waals surface area (Å²) < 4.78 is 0. The van der Waals surface area contributed by atoms with Crippen molar-refractivity contribution in [3.05, 3.63) is 37.5 Å². The maximum atomic E-state index is 4.54. The number of aromatic nitrogens is 1. The van der Waals surface area contributed by atoms with Crippen molar-refractivity contribution in [3.63, 3.8) is 0 Å². The van der Waals surface area contributed by atoms with E-state index in [1.165, 1.54) is 20.3 Å². The molecule has 0 spiro atoms. The molecule has 0 aliphatic heterocycles. The summed E-state index contributed by atoms with van der Waals surface area (Å²) in [6.07, 6.45) is 0.981. The number of hydrogen-bond acceptors (Lipinski definition) is 4. The van der Waals surface area contributed by atoms with Crippen LogP contribution in [0.25, 0.3) is 0 Å². The molecular formula is C13H18N2S2. The van der Waals surface area contributed by atoms with Gasteiger partial charge in [0.2, 0.25) is 0 Å². The lowest BCUT2D eigenvalue weighted by molar-refractivity contribution is 0.599.